The van der Waals surface area contributed by atoms with Gasteiger partial charge in [0.25, 0.3) is 0 Å². The molecule has 0 radical (unpaired) electrons. The zero-order valence-electron chi connectivity index (χ0n) is 13.1. The predicted octanol–water partition coefficient (Wildman–Crippen LogP) is 3.95. The third-order valence-corrected chi connectivity index (χ3v) is 3.13. The van der Waals surface area contributed by atoms with E-state index in [-0.39, 0.29) is 6.29 Å². The van der Waals surface area contributed by atoms with Crippen LogP contribution < -0.4 is 4.90 Å². The van der Waals surface area contributed by atoms with Crippen LogP contribution in [0.15, 0.2) is 30.3 Å². The number of anilines is 1. The predicted molar refractivity (Wildman–Crippen MR) is 86.1 cm³/mol. The Morgan fingerprint density at radius 2 is 1.50 bits per heavy atom. The van der Waals surface area contributed by atoms with Crippen molar-refractivity contribution in [1.29, 1.82) is 0 Å². The second-order valence-electron chi connectivity index (χ2n) is 4.40. The van der Waals surface area contributed by atoms with Crippen LogP contribution >= 0.6 is 0 Å². The van der Waals surface area contributed by atoms with Gasteiger partial charge < -0.3 is 14.4 Å². The SMILES string of the molecule is CCOC(C=Cc1ccc(N(CC)CC)cc1)OCC. The van der Waals surface area contributed by atoms with Crippen molar-refractivity contribution in [3.63, 3.8) is 0 Å². The van der Waals surface area contributed by atoms with E-state index in [9.17, 15) is 0 Å². The zero-order valence-corrected chi connectivity index (χ0v) is 13.1. The quantitative estimate of drug-likeness (QED) is 0.638. The molecule has 0 N–H and O–H groups in total. The maximum absolute atomic E-state index is 5.48. The van der Waals surface area contributed by atoms with Crippen LogP contribution in [-0.2, 0) is 9.47 Å². The molecule has 0 aliphatic heterocycles. The number of hydrogen-bond acceptors (Lipinski definition) is 3. The number of benzene rings is 1. The fourth-order valence-corrected chi connectivity index (χ4v) is 2.06. The maximum Gasteiger partial charge on any atom is 0.177 e. The van der Waals surface area contributed by atoms with Gasteiger partial charge in [-0.3, -0.25) is 0 Å². The van der Waals surface area contributed by atoms with Gasteiger partial charge in [0.1, 0.15) is 0 Å². The van der Waals surface area contributed by atoms with E-state index in [1.54, 1.807) is 0 Å². The molecule has 3 nitrogen and oxygen atoms in total. The molecular weight excluding hydrogens is 250 g/mol. The fourth-order valence-electron chi connectivity index (χ4n) is 2.06. The average Bonchev–Trinajstić information content (AvgIpc) is 2.48. The molecule has 1 aromatic rings. The third kappa shape index (κ3) is 5.35. The highest BCUT2D eigenvalue weighted by molar-refractivity contribution is 5.56. The molecule has 0 aliphatic rings. The van der Waals surface area contributed by atoms with Crippen LogP contribution in [0.5, 0.6) is 0 Å². The lowest BCUT2D eigenvalue weighted by molar-refractivity contribution is -0.103. The number of hydrogen-bond donors (Lipinski definition) is 0. The van der Waals surface area contributed by atoms with Crippen molar-refractivity contribution in [3.8, 4) is 0 Å². The molecule has 1 aromatic carbocycles. The first-order valence-corrected chi connectivity index (χ1v) is 7.51. The van der Waals surface area contributed by atoms with Crippen molar-refractivity contribution < 1.29 is 9.47 Å². The lowest BCUT2D eigenvalue weighted by Gasteiger charge is -2.20. The van der Waals surface area contributed by atoms with E-state index in [2.05, 4.69) is 43.0 Å². The summed E-state index contributed by atoms with van der Waals surface area (Å²) in [5, 5.41) is 0. The maximum atomic E-state index is 5.48. The fraction of sp³-hybridized carbons (Fsp3) is 0.529. The molecule has 0 aromatic heterocycles. The van der Waals surface area contributed by atoms with Gasteiger partial charge in [0.15, 0.2) is 6.29 Å². The molecule has 0 fully saturated rings. The van der Waals surface area contributed by atoms with Gasteiger partial charge in [0.05, 0.1) is 0 Å². The smallest absolute Gasteiger partial charge is 0.177 e. The second-order valence-corrected chi connectivity index (χ2v) is 4.40. The summed E-state index contributed by atoms with van der Waals surface area (Å²) in [4.78, 5) is 2.33. The Bertz CT molecular complexity index is 376. The lowest BCUT2D eigenvalue weighted by Crippen LogP contribution is -2.21. The van der Waals surface area contributed by atoms with Crippen molar-refractivity contribution in [1.82, 2.24) is 0 Å². The first kappa shape index (κ1) is 16.7. The molecule has 0 spiro atoms. The van der Waals surface area contributed by atoms with E-state index >= 15 is 0 Å². The molecule has 0 heterocycles. The van der Waals surface area contributed by atoms with E-state index in [0.717, 1.165) is 18.7 Å². The summed E-state index contributed by atoms with van der Waals surface area (Å²) in [6.45, 7) is 11.6. The molecule has 112 valence electrons. The van der Waals surface area contributed by atoms with Crippen LogP contribution in [-0.4, -0.2) is 32.6 Å². The van der Waals surface area contributed by atoms with E-state index in [0.29, 0.717) is 13.2 Å². The zero-order chi connectivity index (χ0) is 14.8. The molecule has 0 bridgehead atoms. The van der Waals surface area contributed by atoms with Gasteiger partial charge in [-0.15, -0.1) is 0 Å². The van der Waals surface area contributed by atoms with Gasteiger partial charge in [0, 0.05) is 32.0 Å². The van der Waals surface area contributed by atoms with Crippen LogP contribution in [0.2, 0.25) is 0 Å². The Labute approximate surface area is 123 Å². The van der Waals surface area contributed by atoms with Gasteiger partial charge in [-0.05, 0) is 51.5 Å². The van der Waals surface area contributed by atoms with Crippen LogP contribution in [0.3, 0.4) is 0 Å². The van der Waals surface area contributed by atoms with Crippen molar-refractivity contribution in [2.45, 2.75) is 34.0 Å². The summed E-state index contributed by atoms with van der Waals surface area (Å²) in [5.74, 6) is 0. The molecule has 3 heteroatoms. The lowest BCUT2D eigenvalue weighted by atomic mass is 10.2. The average molecular weight is 277 g/mol. The van der Waals surface area contributed by atoms with Gasteiger partial charge in [-0.2, -0.15) is 0 Å². The standard InChI is InChI=1S/C17H27NO2/c1-5-18(6-2)16-12-9-15(10-13-16)11-14-17(19-7-3)20-8-4/h9-14,17H,5-8H2,1-4H3. The first-order valence-electron chi connectivity index (χ1n) is 7.51. The minimum Gasteiger partial charge on any atom is -0.372 e. The highest BCUT2D eigenvalue weighted by Gasteiger charge is 2.03. The second kappa shape index (κ2) is 9.56. The highest BCUT2D eigenvalue weighted by atomic mass is 16.7. The van der Waals surface area contributed by atoms with E-state index < -0.39 is 0 Å². The number of nitrogens with zero attached hydrogens (tertiary/aromatic N) is 1. The van der Waals surface area contributed by atoms with Crippen LogP contribution in [0.4, 0.5) is 5.69 Å². The molecule has 0 atom stereocenters. The Morgan fingerprint density at radius 1 is 0.950 bits per heavy atom. The summed E-state index contributed by atoms with van der Waals surface area (Å²) < 4.78 is 11.0. The molecule has 0 amide bonds. The molecule has 1 rings (SSSR count). The van der Waals surface area contributed by atoms with Crippen molar-refractivity contribution in [2.75, 3.05) is 31.2 Å². The van der Waals surface area contributed by atoms with E-state index in [4.69, 9.17) is 9.47 Å². The Hall–Kier alpha value is -1.32. The van der Waals surface area contributed by atoms with E-state index in [1.165, 1.54) is 5.69 Å². The number of rotatable bonds is 9. The van der Waals surface area contributed by atoms with Gasteiger partial charge >= 0.3 is 0 Å². The minimum absolute atomic E-state index is 0.257. The summed E-state index contributed by atoms with van der Waals surface area (Å²) in [6, 6.07) is 8.56. The Balaban J connectivity index is 2.68. The van der Waals surface area contributed by atoms with E-state index in [1.807, 2.05) is 26.0 Å². The molecular formula is C17H27NO2. The van der Waals surface area contributed by atoms with Gasteiger partial charge in [-0.1, -0.05) is 18.2 Å². The summed E-state index contributed by atoms with van der Waals surface area (Å²) in [6.07, 6.45) is 3.74. The first-order chi connectivity index (χ1) is 9.74. The Morgan fingerprint density at radius 3 is 1.95 bits per heavy atom. The van der Waals surface area contributed by atoms with Crippen LogP contribution in [0.1, 0.15) is 33.3 Å². The van der Waals surface area contributed by atoms with Crippen molar-refractivity contribution in [2.24, 2.45) is 0 Å². The minimum atomic E-state index is -0.257. The summed E-state index contributed by atoms with van der Waals surface area (Å²) in [5.41, 5.74) is 2.42. The molecule has 0 aliphatic carbocycles. The molecule has 0 saturated carbocycles. The monoisotopic (exact) mass is 277 g/mol. The molecule has 20 heavy (non-hydrogen) atoms. The van der Waals surface area contributed by atoms with Gasteiger partial charge in [0.2, 0.25) is 0 Å². The summed E-state index contributed by atoms with van der Waals surface area (Å²) >= 11 is 0. The third-order valence-electron chi connectivity index (χ3n) is 3.13. The summed E-state index contributed by atoms with van der Waals surface area (Å²) in [7, 11) is 0. The largest absolute Gasteiger partial charge is 0.372 e. The van der Waals surface area contributed by atoms with Crippen LogP contribution in [0.25, 0.3) is 6.08 Å². The van der Waals surface area contributed by atoms with Gasteiger partial charge in [-0.25, -0.2) is 0 Å². The Kier molecular flexibility index (Phi) is 8.00. The number of ether oxygens (including phenoxy) is 2. The molecule has 0 unspecified atom stereocenters. The van der Waals surface area contributed by atoms with Crippen molar-refractivity contribution in [3.05, 3.63) is 35.9 Å². The van der Waals surface area contributed by atoms with Crippen LogP contribution in [0, 0.1) is 0 Å². The van der Waals surface area contributed by atoms with Crippen molar-refractivity contribution >= 4 is 11.8 Å². The highest BCUT2D eigenvalue weighted by Crippen LogP contribution is 2.16. The topological polar surface area (TPSA) is 21.7 Å². The normalized spacial score (nSPS) is 11.4. The molecule has 0 saturated heterocycles.